The van der Waals surface area contributed by atoms with Crippen LogP contribution in [0.25, 0.3) is 6.08 Å². The number of thioether (sulfide) groups is 1. The van der Waals surface area contributed by atoms with Gasteiger partial charge in [-0.15, -0.1) is 0 Å². The SMILES string of the molecule is N#Cc1ccccc1COc1ccc(Br)cc1/C=C1\SC(=O)N(CC(=O)N2CCCCC2)C1=O. The Morgan fingerprint density at radius 2 is 1.91 bits per heavy atom. The average molecular weight is 540 g/mol. The first-order valence-electron chi connectivity index (χ1n) is 10.9. The third-order valence-corrected chi connectivity index (χ3v) is 7.06. The van der Waals surface area contributed by atoms with Crippen LogP contribution in [0.2, 0.25) is 0 Å². The minimum Gasteiger partial charge on any atom is -0.488 e. The number of rotatable bonds is 6. The molecule has 0 atom stereocenters. The molecule has 2 aliphatic rings. The van der Waals surface area contributed by atoms with E-state index in [0.29, 0.717) is 30.0 Å². The molecule has 7 nitrogen and oxygen atoms in total. The summed E-state index contributed by atoms with van der Waals surface area (Å²) in [6.07, 6.45) is 4.58. The fourth-order valence-corrected chi connectivity index (χ4v) is 5.04. The van der Waals surface area contributed by atoms with Gasteiger partial charge < -0.3 is 9.64 Å². The van der Waals surface area contributed by atoms with E-state index in [1.54, 1.807) is 35.2 Å². The highest BCUT2D eigenvalue weighted by atomic mass is 79.9. The van der Waals surface area contributed by atoms with Crippen LogP contribution in [-0.2, 0) is 16.2 Å². The molecule has 9 heteroatoms. The highest BCUT2D eigenvalue weighted by Gasteiger charge is 2.37. The first kappa shape index (κ1) is 24.0. The summed E-state index contributed by atoms with van der Waals surface area (Å²) in [7, 11) is 0. The summed E-state index contributed by atoms with van der Waals surface area (Å²) < 4.78 is 6.75. The Morgan fingerprint density at radius 1 is 1.15 bits per heavy atom. The molecule has 2 saturated heterocycles. The molecule has 2 heterocycles. The molecule has 0 spiro atoms. The number of benzene rings is 2. The van der Waals surface area contributed by atoms with Gasteiger partial charge in [0.05, 0.1) is 16.5 Å². The van der Waals surface area contributed by atoms with Crippen LogP contribution >= 0.6 is 27.7 Å². The topological polar surface area (TPSA) is 90.7 Å². The van der Waals surface area contributed by atoms with Crippen molar-refractivity contribution in [2.45, 2.75) is 25.9 Å². The zero-order valence-electron chi connectivity index (χ0n) is 18.3. The smallest absolute Gasteiger partial charge is 0.294 e. The number of carbonyl (C=O) groups excluding carboxylic acids is 3. The van der Waals surface area contributed by atoms with Crippen LogP contribution in [-0.4, -0.2) is 46.5 Å². The van der Waals surface area contributed by atoms with Crippen LogP contribution in [0.3, 0.4) is 0 Å². The van der Waals surface area contributed by atoms with Crippen molar-refractivity contribution in [2.24, 2.45) is 0 Å². The first-order valence-corrected chi connectivity index (χ1v) is 12.5. The molecular formula is C25H22BrN3O4S. The normalized spacial score (nSPS) is 17.2. The van der Waals surface area contributed by atoms with E-state index >= 15 is 0 Å². The number of amides is 3. The second-order valence-corrected chi connectivity index (χ2v) is 9.86. The van der Waals surface area contributed by atoms with E-state index in [1.165, 1.54) is 0 Å². The van der Waals surface area contributed by atoms with Crippen LogP contribution in [0.4, 0.5) is 4.79 Å². The van der Waals surface area contributed by atoms with E-state index in [0.717, 1.165) is 46.0 Å². The molecule has 0 aliphatic carbocycles. The molecule has 4 rings (SSSR count). The van der Waals surface area contributed by atoms with Gasteiger partial charge in [0, 0.05) is 28.7 Å². The second-order valence-electron chi connectivity index (χ2n) is 7.95. The summed E-state index contributed by atoms with van der Waals surface area (Å²) in [5.41, 5.74) is 1.88. The predicted octanol–water partition coefficient (Wildman–Crippen LogP) is 4.95. The standard InChI is InChI=1S/C25H22BrN3O4S/c26-20-8-9-21(33-16-18-7-3-2-6-17(18)14-27)19(12-20)13-22-24(31)29(25(32)34-22)15-23(30)28-10-4-1-5-11-28/h2-3,6-9,12-13H,1,4-5,10-11,15-16H2/b22-13-. The molecule has 2 fully saturated rings. The molecule has 3 amide bonds. The van der Waals surface area contributed by atoms with Crippen molar-refractivity contribution < 1.29 is 19.1 Å². The molecule has 34 heavy (non-hydrogen) atoms. The number of likely N-dealkylation sites (tertiary alicyclic amines) is 1. The minimum absolute atomic E-state index is 0.179. The van der Waals surface area contributed by atoms with Gasteiger partial charge in [-0.05, 0) is 61.4 Å². The van der Waals surface area contributed by atoms with Gasteiger partial charge in [-0.2, -0.15) is 5.26 Å². The lowest BCUT2D eigenvalue weighted by atomic mass is 10.1. The van der Waals surface area contributed by atoms with E-state index in [1.807, 2.05) is 18.2 Å². The highest BCUT2D eigenvalue weighted by molar-refractivity contribution is 9.10. The molecule has 0 bridgehead atoms. The number of ether oxygens (including phenoxy) is 1. The summed E-state index contributed by atoms with van der Waals surface area (Å²) in [4.78, 5) is 41.0. The molecule has 174 valence electrons. The van der Waals surface area contributed by atoms with Crippen LogP contribution in [0, 0.1) is 11.3 Å². The maximum atomic E-state index is 13.0. The maximum Gasteiger partial charge on any atom is 0.294 e. The molecule has 0 aromatic heterocycles. The summed E-state index contributed by atoms with van der Waals surface area (Å²) in [5, 5.41) is 8.84. The van der Waals surface area contributed by atoms with Gasteiger partial charge in [-0.1, -0.05) is 34.1 Å². The Balaban J connectivity index is 1.51. The highest BCUT2D eigenvalue weighted by Crippen LogP contribution is 2.35. The molecular weight excluding hydrogens is 518 g/mol. The lowest BCUT2D eigenvalue weighted by Gasteiger charge is -2.27. The number of carbonyl (C=O) groups is 3. The Bertz CT molecular complexity index is 1200. The van der Waals surface area contributed by atoms with Crippen LogP contribution in [0.5, 0.6) is 5.75 Å². The molecule has 0 unspecified atom stereocenters. The van der Waals surface area contributed by atoms with E-state index in [9.17, 15) is 19.6 Å². The fraction of sp³-hybridized carbons (Fsp3) is 0.280. The van der Waals surface area contributed by atoms with Crippen LogP contribution in [0.1, 0.15) is 36.0 Å². The van der Waals surface area contributed by atoms with Gasteiger partial charge >= 0.3 is 0 Å². The zero-order valence-corrected chi connectivity index (χ0v) is 20.7. The Labute approximate surface area is 210 Å². The van der Waals surface area contributed by atoms with Crippen molar-refractivity contribution in [3.8, 4) is 11.8 Å². The van der Waals surface area contributed by atoms with Gasteiger partial charge in [0.25, 0.3) is 11.1 Å². The molecule has 2 aliphatic heterocycles. The molecule has 0 N–H and O–H groups in total. The summed E-state index contributed by atoms with van der Waals surface area (Å²) in [6, 6.07) is 14.7. The average Bonchev–Trinajstić information content (AvgIpc) is 3.11. The van der Waals surface area contributed by atoms with Crippen LogP contribution < -0.4 is 4.74 Å². The Hall–Kier alpha value is -3.09. The summed E-state index contributed by atoms with van der Waals surface area (Å²) in [6.45, 7) is 1.27. The van der Waals surface area contributed by atoms with Crippen molar-refractivity contribution in [1.82, 2.24) is 9.80 Å². The lowest BCUT2D eigenvalue weighted by Crippen LogP contribution is -2.44. The lowest BCUT2D eigenvalue weighted by molar-refractivity contribution is -0.136. The second kappa shape index (κ2) is 10.9. The Kier molecular flexibility index (Phi) is 7.70. The Morgan fingerprint density at radius 3 is 2.68 bits per heavy atom. The van der Waals surface area contributed by atoms with Crippen LogP contribution in [0.15, 0.2) is 51.8 Å². The van der Waals surface area contributed by atoms with Gasteiger partial charge in [-0.25, -0.2) is 0 Å². The zero-order chi connectivity index (χ0) is 24.1. The maximum absolute atomic E-state index is 13.0. The van der Waals surface area contributed by atoms with E-state index in [4.69, 9.17) is 4.74 Å². The monoisotopic (exact) mass is 539 g/mol. The van der Waals surface area contributed by atoms with Gasteiger partial charge in [0.1, 0.15) is 18.9 Å². The van der Waals surface area contributed by atoms with Crippen molar-refractivity contribution in [3.05, 3.63) is 68.5 Å². The van der Waals surface area contributed by atoms with Crippen molar-refractivity contribution in [2.75, 3.05) is 19.6 Å². The fourth-order valence-electron chi connectivity index (χ4n) is 3.83. The molecule has 0 radical (unpaired) electrons. The third kappa shape index (κ3) is 5.51. The predicted molar refractivity (Wildman–Crippen MR) is 133 cm³/mol. The number of imide groups is 1. The van der Waals surface area contributed by atoms with Gasteiger partial charge in [-0.3, -0.25) is 19.3 Å². The first-order chi connectivity index (χ1) is 16.5. The number of hydrogen-bond donors (Lipinski definition) is 0. The van der Waals surface area contributed by atoms with E-state index in [-0.39, 0.29) is 24.0 Å². The van der Waals surface area contributed by atoms with Gasteiger partial charge in [0.15, 0.2) is 0 Å². The number of nitriles is 1. The molecule has 2 aromatic rings. The largest absolute Gasteiger partial charge is 0.488 e. The van der Waals surface area contributed by atoms with Gasteiger partial charge in [0.2, 0.25) is 5.91 Å². The van der Waals surface area contributed by atoms with Crippen molar-refractivity contribution >= 4 is 50.8 Å². The molecule has 0 saturated carbocycles. The van der Waals surface area contributed by atoms with Crippen molar-refractivity contribution in [3.63, 3.8) is 0 Å². The number of nitrogens with zero attached hydrogens (tertiary/aromatic N) is 3. The minimum atomic E-state index is -0.485. The quantitative estimate of drug-likeness (QED) is 0.482. The number of halogens is 1. The van der Waals surface area contributed by atoms with E-state index < -0.39 is 11.1 Å². The summed E-state index contributed by atoms with van der Waals surface area (Å²) in [5.74, 6) is -0.181. The van der Waals surface area contributed by atoms with Crippen molar-refractivity contribution in [1.29, 1.82) is 5.26 Å². The summed E-state index contributed by atoms with van der Waals surface area (Å²) >= 11 is 4.25. The number of piperidine rings is 1. The number of hydrogen-bond acceptors (Lipinski definition) is 6. The molecule has 2 aromatic carbocycles. The third-order valence-electron chi connectivity index (χ3n) is 5.66. The van der Waals surface area contributed by atoms with E-state index in [2.05, 4.69) is 22.0 Å².